The number of fused-ring (bicyclic) bond motifs is 5. The molecule has 40 heavy (non-hydrogen) atoms. The largest absolute Gasteiger partial charge is 0.469 e. The highest BCUT2D eigenvalue weighted by molar-refractivity contribution is 7.52. The molecular weight excluding hydrogens is 523 g/mol. The number of hydrogen-bond donors (Lipinski definition) is 1. The first-order valence-corrected chi connectivity index (χ1v) is 17.6. The van der Waals surface area contributed by atoms with Crippen LogP contribution in [0, 0.1) is 46.3 Å². The number of aliphatic hydroxyl groups is 1. The molecule has 0 heterocycles. The molecule has 4 saturated carbocycles. The third-order valence-electron chi connectivity index (χ3n) is 12.1. The molecule has 6 nitrogen and oxygen atoms in total. The fourth-order valence-corrected chi connectivity index (χ4v) is 11.1. The van der Waals surface area contributed by atoms with Crippen molar-refractivity contribution in [1.29, 1.82) is 0 Å². The average Bonchev–Trinajstić information content (AvgIpc) is 3.29. The van der Waals surface area contributed by atoms with E-state index in [1.54, 1.807) is 6.66 Å². The van der Waals surface area contributed by atoms with E-state index in [0.717, 1.165) is 50.5 Å². The van der Waals surface area contributed by atoms with Crippen molar-refractivity contribution >= 4 is 13.6 Å². The van der Waals surface area contributed by atoms with Crippen molar-refractivity contribution in [3.8, 4) is 0 Å². The number of methoxy groups -OCH3 is 1. The summed E-state index contributed by atoms with van der Waals surface area (Å²) in [5.41, 5.74) is 1.35. The van der Waals surface area contributed by atoms with Crippen LogP contribution in [-0.2, 0) is 29.8 Å². The van der Waals surface area contributed by atoms with Crippen molar-refractivity contribution in [2.45, 2.75) is 104 Å². The maximum Gasteiger partial charge on any atom is 0.328 e. The monoisotopic (exact) mass is 574 g/mol. The van der Waals surface area contributed by atoms with Crippen molar-refractivity contribution in [3.05, 3.63) is 35.9 Å². The molecule has 0 amide bonds. The Morgan fingerprint density at radius 1 is 1.05 bits per heavy atom. The SMILES string of the molecule is COC(=O)CC[C@@H](C)[C@H]1CC[C@H]2[C@@H]3[C@H](OP(C)(=O)OCc4ccccc4)C[C@@H]4C[C@H](O)CC[C@]4(C)[C@H]3CC[C@]12C. The summed E-state index contributed by atoms with van der Waals surface area (Å²) < 4.78 is 31.4. The molecule has 4 aliphatic rings. The number of ether oxygens (including phenoxy) is 1. The zero-order chi connectivity index (χ0) is 28.7. The van der Waals surface area contributed by atoms with Gasteiger partial charge >= 0.3 is 13.6 Å². The summed E-state index contributed by atoms with van der Waals surface area (Å²) in [6, 6.07) is 9.87. The Hall–Kier alpha value is -1.20. The van der Waals surface area contributed by atoms with Crippen LogP contribution in [-0.4, -0.2) is 37.1 Å². The van der Waals surface area contributed by atoms with Crippen molar-refractivity contribution < 1.29 is 28.3 Å². The molecule has 1 aromatic carbocycles. The molecule has 4 aliphatic carbocycles. The third-order valence-corrected chi connectivity index (χ3v) is 13.3. The highest BCUT2D eigenvalue weighted by atomic mass is 31.2. The Balaban J connectivity index is 1.39. The first-order valence-electron chi connectivity index (χ1n) is 15.7. The van der Waals surface area contributed by atoms with Crippen LogP contribution in [0.1, 0.15) is 90.5 Å². The lowest BCUT2D eigenvalue weighted by atomic mass is 9.43. The second kappa shape index (κ2) is 11.8. The fraction of sp³-hybridized carbons (Fsp3) is 0.788. The molecule has 7 heteroatoms. The zero-order valence-electron chi connectivity index (χ0n) is 25.2. The van der Waals surface area contributed by atoms with Crippen LogP contribution in [0.3, 0.4) is 0 Å². The van der Waals surface area contributed by atoms with E-state index in [9.17, 15) is 14.5 Å². The topological polar surface area (TPSA) is 82.1 Å². The van der Waals surface area contributed by atoms with Gasteiger partial charge in [-0.05, 0) is 110 Å². The molecule has 0 aromatic heterocycles. The first-order chi connectivity index (χ1) is 19.0. The standard InChI is InChI=1S/C33H51O6P/c1-22(11-14-30(35)37-4)26-12-13-27-31-28(16-18-33(26,27)3)32(2)17-15-25(34)19-24(32)20-29(31)39-40(5,36)38-21-23-9-7-6-8-10-23/h6-10,22,24-29,31,34H,11-21H2,1-5H3/t22-,24+,25-,26-,27+,28+,29-,31+,32+,33-,40?/m1/s1. The number of rotatable bonds is 9. The van der Waals surface area contributed by atoms with E-state index in [-0.39, 0.29) is 35.6 Å². The normalized spacial score (nSPS) is 41.2. The van der Waals surface area contributed by atoms with E-state index in [2.05, 4.69) is 20.8 Å². The van der Waals surface area contributed by atoms with Gasteiger partial charge in [-0.25, -0.2) is 0 Å². The number of aliphatic hydroxyl groups excluding tert-OH is 1. The minimum atomic E-state index is -3.31. The molecule has 11 atom stereocenters. The van der Waals surface area contributed by atoms with Gasteiger partial charge in [0, 0.05) is 13.1 Å². The molecule has 0 saturated heterocycles. The van der Waals surface area contributed by atoms with Gasteiger partial charge in [0.1, 0.15) is 0 Å². The maximum atomic E-state index is 13.8. The van der Waals surface area contributed by atoms with Gasteiger partial charge in [0.2, 0.25) is 0 Å². The fourth-order valence-electron chi connectivity index (χ4n) is 9.95. The van der Waals surface area contributed by atoms with Crippen LogP contribution >= 0.6 is 7.60 Å². The van der Waals surface area contributed by atoms with E-state index in [1.807, 2.05) is 30.3 Å². The maximum absolute atomic E-state index is 13.8. The Morgan fingerprint density at radius 3 is 2.48 bits per heavy atom. The third kappa shape index (κ3) is 5.85. The van der Waals surface area contributed by atoms with Crippen molar-refractivity contribution in [1.82, 2.24) is 0 Å². The van der Waals surface area contributed by atoms with Crippen LogP contribution in [0.2, 0.25) is 0 Å². The van der Waals surface area contributed by atoms with Crippen LogP contribution in [0.4, 0.5) is 0 Å². The van der Waals surface area contributed by atoms with Gasteiger partial charge < -0.3 is 18.9 Å². The summed E-state index contributed by atoms with van der Waals surface area (Å²) in [6.45, 7) is 9.20. The molecule has 4 fully saturated rings. The van der Waals surface area contributed by atoms with Gasteiger partial charge in [-0.2, -0.15) is 0 Å². The smallest absolute Gasteiger partial charge is 0.328 e. The molecule has 1 N–H and O–H groups in total. The summed E-state index contributed by atoms with van der Waals surface area (Å²) in [5.74, 6) is 2.60. The Bertz CT molecular complexity index is 1080. The second-order valence-electron chi connectivity index (χ2n) is 14.2. The number of benzene rings is 1. The molecule has 0 bridgehead atoms. The predicted molar refractivity (Wildman–Crippen MR) is 157 cm³/mol. The minimum Gasteiger partial charge on any atom is -0.469 e. The molecule has 1 aromatic rings. The molecular formula is C33H51O6P. The quantitative estimate of drug-likeness (QED) is 0.241. The Kier molecular flexibility index (Phi) is 8.95. The second-order valence-corrected chi connectivity index (χ2v) is 16.2. The molecule has 0 spiro atoms. The van der Waals surface area contributed by atoms with E-state index in [0.29, 0.717) is 41.9 Å². The van der Waals surface area contributed by atoms with E-state index < -0.39 is 7.60 Å². The molecule has 0 aliphatic heterocycles. The molecule has 0 radical (unpaired) electrons. The van der Waals surface area contributed by atoms with Crippen LogP contribution in [0.5, 0.6) is 0 Å². The Labute approximate surface area is 241 Å². The van der Waals surface area contributed by atoms with Gasteiger partial charge in [0.05, 0.1) is 25.9 Å². The number of carbonyl (C=O) groups is 1. The van der Waals surface area contributed by atoms with Crippen molar-refractivity contribution in [2.24, 2.45) is 46.3 Å². The lowest BCUT2D eigenvalue weighted by molar-refractivity contribution is -0.169. The first kappa shape index (κ1) is 30.3. The molecule has 5 rings (SSSR count). The van der Waals surface area contributed by atoms with Gasteiger partial charge in [0.25, 0.3) is 0 Å². The van der Waals surface area contributed by atoms with Crippen molar-refractivity contribution in [3.63, 3.8) is 0 Å². The van der Waals surface area contributed by atoms with Gasteiger partial charge in [-0.3, -0.25) is 9.36 Å². The van der Waals surface area contributed by atoms with Gasteiger partial charge in [-0.1, -0.05) is 51.1 Å². The zero-order valence-corrected chi connectivity index (χ0v) is 26.1. The van der Waals surface area contributed by atoms with Crippen molar-refractivity contribution in [2.75, 3.05) is 13.8 Å². The summed E-state index contributed by atoms with van der Waals surface area (Å²) >= 11 is 0. The van der Waals surface area contributed by atoms with Crippen LogP contribution in [0.25, 0.3) is 0 Å². The van der Waals surface area contributed by atoms with E-state index >= 15 is 0 Å². The van der Waals surface area contributed by atoms with Crippen LogP contribution in [0.15, 0.2) is 30.3 Å². The summed E-state index contributed by atoms with van der Waals surface area (Å²) in [6.07, 6.45) is 9.23. The summed E-state index contributed by atoms with van der Waals surface area (Å²) in [5, 5.41) is 10.6. The number of hydrogen-bond acceptors (Lipinski definition) is 6. The van der Waals surface area contributed by atoms with E-state index in [1.165, 1.54) is 20.0 Å². The minimum absolute atomic E-state index is 0.122. The molecule has 224 valence electrons. The lowest BCUT2D eigenvalue weighted by Gasteiger charge is -2.63. The lowest BCUT2D eigenvalue weighted by Crippen LogP contribution is -2.59. The highest BCUT2D eigenvalue weighted by Gasteiger charge is 2.63. The molecule has 1 unspecified atom stereocenters. The van der Waals surface area contributed by atoms with E-state index in [4.69, 9.17) is 13.8 Å². The predicted octanol–water partition coefficient (Wildman–Crippen LogP) is 7.63. The highest BCUT2D eigenvalue weighted by Crippen LogP contribution is 2.70. The summed E-state index contributed by atoms with van der Waals surface area (Å²) in [4.78, 5) is 11.9. The number of esters is 1. The average molecular weight is 575 g/mol. The van der Waals surface area contributed by atoms with Gasteiger partial charge in [-0.15, -0.1) is 0 Å². The summed E-state index contributed by atoms with van der Waals surface area (Å²) in [7, 11) is -1.84. The van der Waals surface area contributed by atoms with Gasteiger partial charge in [0.15, 0.2) is 0 Å². The van der Waals surface area contributed by atoms with Crippen LogP contribution < -0.4 is 0 Å². The Morgan fingerprint density at radius 2 is 1.75 bits per heavy atom. The number of carbonyl (C=O) groups excluding carboxylic acids is 1.